The summed E-state index contributed by atoms with van der Waals surface area (Å²) in [6, 6.07) is 12.9. The Morgan fingerprint density at radius 3 is 2.52 bits per heavy atom. The highest BCUT2D eigenvalue weighted by atomic mass is 32.2. The third-order valence-electron chi connectivity index (χ3n) is 9.97. The number of nitrogens with two attached hydrogens (primary N) is 2. The number of carbonyl (C=O) groups is 1. The van der Waals surface area contributed by atoms with Crippen LogP contribution in [0.5, 0.6) is 5.75 Å². The first-order valence-corrected chi connectivity index (χ1v) is 17.0. The van der Waals surface area contributed by atoms with E-state index in [2.05, 4.69) is 4.57 Å². The van der Waals surface area contributed by atoms with Crippen LogP contribution in [0.25, 0.3) is 44.8 Å². The van der Waals surface area contributed by atoms with Gasteiger partial charge in [0.1, 0.15) is 22.7 Å². The van der Waals surface area contributed by atoms with E-state index < -0.39 is 15.8 Å². The number of rotatable bonds is 7. The van der Waals surface area contributed by atoms with Gasteiger partial charge in [-0.05, 0) is 86.1 Å². The number of likely N-dealkylation sites (tertiary alicyclic amines) is 1. The number of fused-ring (bicyclic) bond motifs is 4. The lowest BCUT2D eigenvalue weighted by Crippen LogP contribution is -2.41. The molecular formula is C33H34FN7O4S. The molecule has 2 bridgehead atoms. The number of carbonyl (C=O) groups excluding carboxylic acids is 1. The molecule has 2 saturated carbocycles. The fourth-order valence-electron chi connectivity index (χ4n) is 7.35. The zero-order valence-corrected chi connectivity index (χ0v) is 26.3. The molecular weight excluding hydrogens is 609 g/mol. The molecule has 8 rings (SSSR count). The first-order chi connectivity index (χ1) is 22.0. The number of nitrogens with zero attached hydrogens (tertiary/aromatic N) is 5. The largest absolute Gasteiger partial charge is 0.494 e. The van der Waals surface area contributed by atoms with Crippen molar-refractivity contribution in [3.05, 3.63) is 59.9 Å². The maximum atomic E-state index is 15.1. The molecule has 4 N–H and O–H groups in total. The van der Waals surface area contributed by atoms with E-state index in [1.807, 2.05) is 34.7 Å². The first kappa shape index (κ1) is 29.1. The maximum absolute atomic E-state index is 15.1. The Morgan fingerprint density at radius 2 is 1.87 bits per heavy atom. The van der Waals surface area contributed by atoms with Crippen LogP contribution in [0, 0.1) is 17.7 Å². The van der Waals surface area contributed by atoms with E-state index in [4.69, 9.17) is 25.6 Å². The number of halogens is 1. The van der Waals surface area contributed by atoms with Crippen molar-refractivity contribution in [3.63, 3.8) is 0 Å². The van der Waals surface area contributed by atoms with Crippen molar-refractivity contribution in [1.82, 2.24) is 24.0 Å². The van der Waals surface area contributed by atoms with Gasteiger partial charge < -0.3 is 24.5 Å². The molecule has 0 spiro atoms. The van der Waals surface area contributed by atoms with Crippen molar-refractivity contribution < 1.29 is 22.3 Å². The molecule has 11 nitrogen and oxygen atoms in total. The molecule has 2 aromatic carbocycles. The van der Waals surface area contributed by atoms with Crippen LogP contribution < -0.4 is 15.6 Å². The summed E-state index contributed by atoms with van der Waals surface area (Å²) in [5.41, 5.74) is 10.4. The summed E-state index contributed by atoms with van der Waals surface area (Å²) >= 11 is 0. The molecule has 3 unspecified atom stereocenters. The number of ether oxygens (including phenoxy) is 1. The number of imidazole rings is 1. The highest BCUT2D eigenvalue weighted by molar-refractivity contribution is 7.89. The normalized spacial score (nSPS) is 21.2. The van der Waals surface area contributed by atoms with Gasteiger partial charge in [0, 0.05) is 48.7 Å². The molecule has 1 saturated heterocycles. The fraction of sp³-hybridized carbons (Fsp3) is 0.364. The Balaban J connectivity index is 1.23. The zero-order valence-electron chi connectivity index (χ0n) is 25.5. The molecule has 3 atom stereocenters. The Kier molecular flexibility index (Phi) is 6.54. The van der Waals surface area contributed by atoms with E-state index in [-0.39, 0.29) is 28.4 Å². The van der Waals surface area contributed by atoms with Crippen molar-refractivity contribution in [2.75, 3.05) is 13.7 Å². The number of hydrogen-bond donors (Lipinski definition) is 2. The summed E-state index contributed by atoms with van der Waals surface area (Å²) in [5, 5.41) is 6.05. The second-order valence-electron chi connectivity index (χ2n) is 12.9. The Bertz CT molecular complexity index is 2190. The van der Waals surface area contributed by atoms with Crippen LogP contribution in [-0.2, 0) is 23.6 Å². The van der Waals surface area contributed by atoms with Crippen LogP contribution >= 0.6 is 0 Å². The summed E-state index contributed by atoms with van der Waals surface area (Å²) in [5.74, 6) is 1.29. The van der Waals surface area contributed by atoms with Crippen molar-refractivity contribution in [2.45, 2.75) is 49.2 Å². The molecule has 1 aliphatic heterocycles. The predicted octanol–water partition coefficient (Wildman–Crippen LogP) is 4.02. The lowest BCUT2D eigenvalue weighted by atomic mass is 10.1. The molecule has 3 aliphatic rings. The van der Waals surface area contributed by atoms with Gasteiger partial charge in [0.25, 0.3) is 5.91 Å². The Hall–Kier alpha value is -4.33. The van der Waals surface area contributed by atoms with Crippen LogP contribution in [0.1, 0.15) is 36.0 Å². The second-order valence-corrected chi connectivity index (χ2v) is 14.4. The van der Waals surface area contributed by atoms with Gasteiger partial charge in [-0.1, -0.05) is 0 Å². The van der Waals surface area contributed by atoms with Crippen LogP contribution in [0.15, 0.2) is 53.4 Å². The number of pyridine rings is 1. The number of primary sulfonamides is 1. The van der Waals surface area contributed by atoms with Crippen LogP contribution in [-0.4, -0.2) is 64.1 Å². The van der Waals surface area contributed by atoms with E-state index in [0.29, 0.717) is 58.9 Å². The lowest BCUT2D eigenvalue weighted by molar-refractivity contribution is 0.0700. The Labute approximate surface area is 265 Å². The minimum absolute atomic E-state index is 0.0245. The van der Waals surface area contributed by atoms with Crippen LogP contribution in [0.3, 0.4) is 0 Å². The van der Waals surface area contributed by atoms with Crippen molar-refractivity contribution >= 4 is 38.0 Å². The molecule has 3 aromatic heterocycles. The third kappa shape index (κ3) is 4.59. The quantitative estimate of drug-likeness (QED) is 0.272. The first-order valence-electron chi connectivity index (χ1n) is 15.5. The van der Waals surface area contributed by atoms with Gasteiger partial charge in [-0.15, -0.1) is 0 Å². The summed E-state index contributed by atoms with van der Waals surface area (Å²) in [4.78, 5) is 25.2. The number of hydrogen-bond acceptors (Lipinski definition) is 7. The van der Waals surface area contributed by atoms with E-state index in [9.17, 15) is 13.2 Å². The molecule has 0 radical (unpaired) electrons. The molecule has 3 fully saturated rings. The van der Waals surface area contributed by atoms with Crippen LogP contribution in [0.2, 0.25) is 0 Å². The highest BCUT2D eigenvalue weighted by Crippen LogP contribution is 2.40. The number of sulfonamides is 1. The summed E-state index contributed by atoms with van der Waals surface area (Å²) < 4.78 is 48.5. The van der Waals surface area contributed by atoms with E-state index in [1.165, 1.54) is 12.1 Å². The van der Waals surface area contributed by atoms with Gasteiger partial charge in [0.2, 0.25) is 10.0 Å². The highest BCUT2D eigenvalue weighted by Gasteiger charge is 2.47. The molecule has 13 heteroatoms. The maximum Gasteiger partial charge on any atom is 0.254 e. The van der Waals surface area contributed by atoms with E-state index >= 15 is 4.39 Å². The van der Waals surface area contributed by atoms with Gasteiger partial charge in [-0.2, -0.15) is 0 Å². The van der Waals surface area contributed by atoms with Crippen LogP contribution in [0.4, 0.5) is 4.39 Å². The zero-order chi connectivity index (χ0) is 32.1. The fourth-order valence-corrected chi connectivity index (χ4v) is 7.88. The monoisotopic (exact) mass is 643 g/mol. The van der Waals surface area contributed by atoms with Gasteiger partial charge in [-0.25, -0.2) is 27.9 Å². The predicted molar refractivity (Wildman–Crippen MR) is 171 cm³/mol. The summed E-state index contributed by atoms with van der Waals surface area (Å²) in [6.07, 6.45) is 4.20. The molecule has 46 heavy (non-hydrogen) atoms. The van der Waals surface area contributed by atoms with Crippen molar-refractivity contribution in [3.8, 4) is 28.5 Å². The van der Waals surface area contributed by atoms with Crippen molar-refractivity contribution in [1.29, 1.82) is 0 Å². The van der Waals surface area contributed by atoms with E-state index in [0.717, 1.165) is 48.3 Å². The Morgan fingerprint density at radius 1 is 1.07 bits per heavy atom. The molecule has 5 aromatic rings. The second kappa shape index (κ2) is 10.3. The minimum atomic E-state index is -4.05. The number of methoxy groups -OCH3 is 1. The van der Waals surface area contributed by atoms with E-state index in [1.54, 1.807) is 19.2 Å². The minimum Gasteiger partial charge on any atom is -0.494 e. The topological polar surface area (TPSA) is 151 Å². The van der Waals surface area contributed by atoms with Gasteiger partial charge in [0.15, 0.2) is 5.82 Å². The lowest BCUT2D eigenvalue weighted by Gasteiger charge is -2.27. The number of aryl methyl sites for hydroxylation is 1. The standard InChI is InChI=1S/C33H34FN7O4S/c1-39-30-25(11-20(13-28(30)45-2)33(42)41-16-19-6-10-26(41)29(19)35)38-32(39)27-12-18-5-9-24(37-31(18)40(27)15-17-3-4-17)22-8-7-21(14-23(22)34)46(36,43)44/h5,7-9,11-14,17,19,26,29H,3-4,6,10,15-16,35H2,1-2H3,(H2,36,43,44). The average molecular weight is 644 g/mol. The summed E-state index contributed by atoms with van der Waals surface area (Å²) in [6.45, 7) is 1.39. The molecule has 4 heterocycles. The third-order valence-corrected chi connectivity index (χ3v) is 10.9. The number of aromatic nitrogens is 4. The van der Waals surface area contributed by atoms with Gasteiger partial charge in [-0.3, -0.25) is 4.79 Å². The smallest absolute Gasteiger partial charge is 0.254 e. The average Bonchev–Trinajstić information content (AvgIpc) is 3.44. The number of amides is 1. The number of benzene rings is 2. The summed E-state index contributed by atoms with van der Waals surface area (Å²) in [7, 11) is -0.530. The molecule has 2 aliphatic carbocycles. The number of piperidine rings is 1. The van der Waals surface area contributed by atoms with Crippen molar-refractivity contribution in [2.24, 2.45) is 29.8 Å². The SMILES string of the molecule is COc1cc(C(=O)N2CC3CCC2C3N)cc2nc(-c3cc4ccc(-c5ccc(S(N)(=O)=O)cc5F)nc4n3CC3CC3)n(C)c12. The van der Waals surface area contributed by atoms with Gasteiger partial charge >= 0.3 is 0 Å². The van der Waals surface area contributed by atoms with Gasteiger partial charge in [0.05, 0.1) is 28.9 Å². The molecule has 1 amide bonds. The molecule has 238 valence electrons.